The molecule has 1 N–H and O–H groups in total. The second-order valence-electron chi connectivity index (χ2n) is 7.34. The monoisotopic (exact) mass is 400 g/mol. The summed E-state index contributed by atoms with van der Waals surface area (Å²) in [6.45, 7) is 2.44. The fourth-order valence-electron chi connectivity index (χ4n) is 3.95. The Labute approximate surface area is 171 Å². The zero-order chi connectivity index (χ0) is 20.8. The van der Waals surface area contributed by atoms with Gasteiger partial charge in [0, 0.05) is 32.6 Å². The van der Waals surface area contributed by atoms with Crippen molar-refractivity contribution in [3.63, 3.8) is 0 Å². The molecule has 156 valence electrons. The van der Waals surface area contributed by atoms with Crippen molar-refractivity contribution in [3.8, 4) is 17.6 Å². The van der Waals surface area contributed by atoms with Crippen molar-refractivity contribution in [3.05, 3.63) is 23.3 Å². The fraction of sp³-hybridized carbons (Fsp3) is 0.571. The third-order valence-electron chi connectivity index (χ3n) is 5.58. The highest BCUT2D eigenvalue weighted by molar-refractivity contribution is 5.79. The van der Waals surface area contributed by atoms with Crippen LogP contribution in [0.15, 0.2) is 12.1 Å². The number of rotatable bonds is 7. The summed E-state index contributed by atoms with van der Waals surface area (Å²) >= 11 is 0. The van der Waals surface area contributed by atoms with Crippen LogP contribution < -0.4 is 14.8 Å². The third kappa shape index (κ3) is 4.80. The van der Waals surface area contributed by atoms with Crippen molar-refractivity contribution in [2.45, 2.75) is 38.3 Å². The Morgan fingerprint density at radius 1 is 1.17 bits per heavy atom. The summed E-state index contributed by atoms with van der Waals surface area (Å²) in [5.41, 5.74) is 2.25. The molecule has 8 heteroatoms. The maximum Gasteiger partial charge on any atom is 0.237 e. The number of likely N-dealkylation sites (tertiary alicyclic amines) is 1. The van der Waals surface area contributed by atoms with Crippen LogP contribution >= 0.6 is 0 Å². The number of hydrogen-bond donors (Lipinski definition) is 1. The van der Waals surface area contributed by atoms with Gasteiger partial charge < -0.3 is 24.6 Å². The van der Waals surface area contributed by atoms with Crippen LogP contribution in [0.2, 0.25) is 0 Å². The van der Waals surface area contributed by atoms with E-state index in [0.29, 0.717) is 44.1 Å². The van der Waals surface area contributed by atoms with E-state index in [9.17, 15) is 9.59 Å². The Morgan fingerprint density at radius 3 is 2.59 bits per heavy atom. The number of carbonyl (C=O) groups excluding carboxylic acids is 2. The number of amides is 2. The summed E-state index contributed by atoms with van der Waals surface area (Å²) in [5.74, 6) is 1.35. The van der Waals surface area contributed by atoms with Crippen LogP contribution in [-0.2, 0) is 22.6 Å². The number of nitriles is 1. The minimum Gasteiger partial charge on any atom is -0.493 e. The van der Waals surface area contributed by atoms with Gasteiger partial charge in [0.25, 0.3) is 0 Å². The molecule has 1 atom stereocenters. The number of ether oxygens (including phenoxy) is 2. The Kier molecular flexibility index (Phi) is 6.94. The highest BCUT2D eigenvalue weighted by atomic mass is 16.5. The Balaban J connectivity index is 1.46. The van der Waals surface area contributed by atoms with Gasteiger partial charge in [0.05, 0.1) is 26.8 Å². The highest BCUT2D eigenvalue weighted by Gasteiger charge is 2.28. The van der Waals surface area contributed by atoms with E-state index in [1.54, 1.807) is 19.1 Å². The van der Waals surface area contributed by atoms with Crippen molar-refractivity contribution in [1.29, 1.82) is 5.26 Å². The molecular formula is C21H28N4O4. The molecule has 1 saturated heterocycles. The molecule has 1 aromatic rings. The maximum atomic E-state index is 12.6. The summed E-state index contributed by atoms with van der Waals surface area (Å²) in [7, 11) is 3.22. The first-order chi connectivity index (χ1) is 14.1. The molecule has 3 rings (SSSR count). The predicted molar refractivity (Wildman–Crippen MR) is 107 cm³/mol. The molecule has 0 bridgehead atoms. The summed E-state index contributed by atoms with van der Waals surface area (Å²) in [4.78, 5) is 28.2. The lowest BCUT2D eigenvalue weighted by atomic mass is 9.98. The van der Waals surface area contributed by atoms with Crippen LogP contribution in [0.5, 0.6) is 11.5 Å². The average molecular weight is 400 g/mol. The van der Waals surface area contributed by atoms with Gasteiger partial charge in [0.15, 0.2) is 11.5 Å². The van der Waals surface area contributed by atoms with Gasteiger partial charge in [0.1, 0.15) is 6.04 Å². The number of methoxy groups -OCH3 is 2. The van der Waals surface area contributed by atoms with Gasteiger partial charge in [-0.15, -0.1) is 0 Å². The number of fused-ring (bicyclic) bond motifs is 1. The van der Waals surface area contributed by atoms with Gasteiger partial charge in [0.2, 0.25) is 11.8 Å². The Hall–Kier alpha value is -2.79. The van der Waals surface area contributed by atoms with E-state index in [-0.39, 0.29) is 24.4 Å². The second kappa shape index (κ2) is 9.61. The molecule has 0 aromatic heterocycles. The van der Waals surface area contributed by atoms with E-state index >= 15 is 0 Å². The normalized spacial score (nSPS) is 18.2. The molecule has 2 aliphatic rings. The number of carbonyl (C=O) groups is 2. The zero-order valence-corrected chi connectivity index (χ0v) is 17.1. The number of benzene rings is 1. The van der Waals surface area contributed by atoms with E-state index < -0.39 is 0 Å². The van der Waals surface area contributed by atoms with Gasteiger partial charge in [-0.25, -0.2) is 0 Å². The maximum absolute atomic E-state index is 12.6. The lowest BCUT2D eigenvalue weighted by Gasteiger charge is -2.30. The van der Waals surface area contributed by atoms with Crippen LogP contribution in [0.4, 0.5) is 0 Å². The van der Waals surface area contributed by atoms with Gasteiger partial charge >= 0.3 is 0 Å². The topological polar surface area (TPSA) is 94.9 Å². The first kappa shape index (κ1) is 20.9. The molecule has 2 amide bonds. The first-order valence-corrected chi connectivity index (χ1v) is 9.98. The molecule has 29 heavy (non-hydrogen) atoms. The van der Waals surface area contributed by atoms with Crippen LogP contribution in [0.1, 0.15) is 30.4 Å². The summed E-state index contributed by atoms with van der Waals surface area (Å²) in [6, 6.07) is 5.78. The quantitative estimate of drug-likeness (QED) is 0.689. The number of hydrogen-bond acceptors (Lipinski definition) is 6. The first-order valence-electron chi connectivity index (χ1n) is 9.98. The lowest BCUT2D eigenvalue weighted by molar-refractivity contribution is -0.133. The Bertz CT molecular complexity index is 805. The molecule has 0 unspecified atom stereocenters. The summed E-state index contributed by atoms with van der Waals surface area (Å²) < 4.78 is 10.7. The Morgan fingerprint density at radius 2 is 1.90 bits per heavy atom. The fourth-order valence-corrected chi connectivity index (χ4v) is 3.95. The van der Waals surface area contributed by atoms with E-state index in [1.165, 1.54) is 5.56 Å². The van der Waals surface area contributed by atoms with Crippen molar-refractivity contribution in [2.24, 2.45) is 0 Å². The van der Waals surface area contributed by atoms with Gasteiger partial charge in [-0.05, 0) is 42.5 Å². The van der Waals surface area contributed by atoms with Crippen LogP contribution in [0, 0.1) is 11.3 Å². The SMILES string of the molecule is COc1cc2c(cc1OC)CN(C(=O)CCNCC(=O)N1CCC[C@H]1C#N)CC2. The molecule has 2 aliphatic heterocycles. The van der Waals surface area contributed by atoms with Crippen molar-refractivity contribution >= 4 is 11.8 Å². The summed E-state index contributed by atoms with van der Waals surface area (Å²) in [5, 5.41) is 12.1. The molecule has 0 saturated carbocycles. The molecule has 1 fully saturated rings. The van der Waals surface area contributed by atoms with Gasteiger partial charge in [-0.2, -0.15) is 5.26 Å². The van der Waals surface area contributed by atoms with Crippen LogP contribution in [0.25, 0.3) is 0 Å². The molecule has 0 aliphatic carbocycles. The van der Waals surface area contributed by atoms with Crippen molar-refractivity contribution in [1.82, 2.24) is 15.1 Å². The smallest absolute Gasteiger partial charge is 0.237 e. The highest BCUT2D eigenvalue weighted by Crippen LogP contribution is 2.33. The van der Waals surface area contributed by atoms with E-state index in [0.717, 1.165) is 24.8 Å². The second-order valence-corrected chi connectivity index (χ2v) is 7.34. The molecule has 2 heterocycles. The van der Waals surface area contributed by atoms with Crippen molar-refractivity contribution in [2.75, 3.05) is 40.4 Å². The van der Waals surface area contributed by atoms with Gasteiger partial charge in [-0.1, -0.05) is 0 Å². The third-order valence-corrected chi connectivity index (χ3v) is 5.58. The standard InChI is InChI=1S/C21H28N4O4/c1-28-18-10-15-6-9-24(14-16(15)11-19(18)29-2)20(26)5-7-23-13-21(27)25-8-3-4-17(25)12-22/h10-11,17,23H,3-9,13-14H2,1-2H3/t17-/m0/s1. The van der Waals surface area contributed by atoms with Crippen molar-refractivity contribution < 1.29 is 19.1 Å². The number of nitrogens with zero attached hydrogens (tertiary/aromatic N) is 3. The molecule has 8 nitrogen and oxygen atoms in total. The van der Waals surface area contributed by atoms with Crippen LogP contribution in [0.3, 0.4) is 0 Å². The van der Waals surface area contributed by atoms with Gasteiger partial charge in [-0.3, -0.25) is 9.59 Å². The molecule has 0 spiro atoms. The summed E-state index contributed by atoms with van der Waals surface area (Å²) in [6.07, 6.45) is 2.72. The minimum absolute atomic E-state index is 0.0569. The zero-order valence-electron chi connectivity index (χ0n) is 17.1. The molecule has 0 radical (unpaired) electrons. The predicted octanol–water partition coefficient (Wildman–Crippen LogP) is 1.08. The largest absolute Gasteiger partial charge is 0.493 e. The average Bonchev–Trinajstić information content (AvgIpc) is 3.24. The molecular weight excluding hydrogens is 372 g/mol. The minimum atomic E-state index is -0.310. The lowest BCUT2D eigenvalue weighted by Crippen LogP contribution is -2.42. The van der Waals surface area contributed by atoms with Crippen LogP contribution in [-0.4, -0.2) is 68.1 Å². The van der Waals surface area contributed by atoms with E-state index in [4.69, 9.17) is 14.7 Å². The molecule has 1 aromatic carbocycles. The van der Waals surface area contributed by atoms with E-state index in [2.05, 4.69) is 11.4 Å². The van der Waals surface area contributed by atoms with E-state index in [1.807, 2.05) is 17.0 Å². The number of nitrogens with one attached hydrogen (secondary N) is 1.